The largest absolute Gasteiger partial charge is 0.308 e. The second kappa shape index (κ2) is 7.58. The molecule has 3 aromatic carbocycles. The molecule has 0 radical (unpaired) electrons. The number of thioether (sulfide) groups is 1. The predicted octanol–water partition coefficient (Wildman–Crippen LogP) is 5.14. The van der Waals surface area contributed by atoms with Gasteiger partial charge >= 0.3 is 0 Å². The zero-order valence-corrected chi connectivity index (χ0v) is 15.3. The van der Waals surface area contributed by atoms with Gasteiger partial charge in [0, 0.05) is 23.6 Å². The van der Waals surface area contributed by atoms with E-state index in [1.54, 1.807) is 23.3 Å². The van der Waals surface area contributed by atoms with Gasteiger partial charge in [-0.3, -0.25) is 14.9 Å². The smallest absolute Gasteiger partial charge is 0.283 e. The zero-order valence-electron chi connectivity index (χ0n) is 14.5. The molecule has 0 aliphatic carbocycles. The lowest BCUT2D eigenvalue weighted by Gasteiger charge is -2.23. The Balaban J connectivity index is 2.07. The van der Waals surface area contributed by atoms with Crippen molar-refractivity contribution in [3.8, 4) is 0 Å². The molecule has 0 aliphatic rings. The summed E-state index contributed by atoms with van der Waals surface area (Å²) >= 11 is 1.29. The number of carbonyl (C=O) groups is 1. The Morgan fingerprint density at radius 3 is 2.54 bits per heavy atom. The van der Waals surface area contributed by atoms with Crippen LogP contribution in [0.25, 0.3) is 10.8 Å². The number of rotatable bonds is 5. The first-order chi connectivity index (χ1) is 12.6. The highest BCUT2D eigenvalue weighted by Crippen LogP contribution is 2.31. The first kappa shape index (κ1) is 17.9. The van der Waals surface area contributed by atoms with Gasteiger partial charge in [-0.2, -0.15) is 0 Å². The van der Waals surface area contributed by atoms with E-state index in [1.807, 2.05) is 49.4 Å². The molecule has 132 valence electrons. The minimum Gasteiger partial charge on any atom is -0.308 e. The van der Waals surface area contributed by atoms with Crippen LogP contribution in [-0.2, 0) is 0 Å². The van der Waals surface area contributed by atoms with Crippen LogP contribution in [-0.4, -0.2) is 23.6 Å². The highest BCUT2D eigenvalue weighted by molar-refractivity contribution is 7.98. The van der Waals surface area contributed by atoms with Crippen molar-refractivity contribution in [3.63, 3.8) is 0 Å². The van der Waals surface area contributed by atoms with Gasteiger partial charge < -0.3 is 4.90 Å². The van der Waals surface area contributed by atoms with Gasteiger partial charge in [-0.05, 0) is 36.8 Å². The maximum atomic E-state index is 13.1. The summed E-state index contributed by atoms with van der Waals surface area (Å²) in [6.07, 6.45) is 1.78. The van der Waals surface area contributed by atoms with Crippen LogP contribution in [0.4, 0.5) is 11.4 Å². The fourth-order valence-electron chi connectivity index (χ4n) is 2.99. The van der Waals surface area contributed by atoms with Crippen molar-refractivity contribution in [2.24, 2.45) is 0 Å². The summed E-state index contributed by atoms with van der Waals surface area (Å²) in [6.45, 7) is 2.36. The Labute approximate surface area is 155 Å². The maximum absolute atomic E-state index is 13.1. The molecule has 1 amide bonds. The van der Waals surface area contributed by atoms with Crippen LogP contribution in [0.3, 0.4) is 0 Å². The molecule has 26 heavy (non-hydrogen) atoms. The van der Waals surface area contributed by atoms with Gasteiger partial charge in [-0.15, -0.1) is 11.8 Å². The van der Waals surface area contributed by atoms with Crippen molar-refractivity contribution in [1.82, 2.24) is 0 Å². The van der Waals surface area contributed by atoms with E-state index in [2.05, 4.69) is 0 Å². The first-order valence-electron chi connectivity index (χ1n) is 8.19. The molecule has 0 bridgehead atoms. The highest BCUT2D eigenvalue weighted by atomic mass is 32.2. The third kappa shape index (κ3) is 3.28. The van der Waals surface area contributed by atoms with Gasteiger partial charge in [0.1, 0.15) is 0 Å². The summed E-state index contributed by atoms with van der Waals surface area (Å²) < 4.78 is 0. The number of hydrogen-bond donors (Lipinski definition) is 0. The molecule has 3 aromatic rings. The fraction of sp³-hybridized carbons (Fsp3) is 0.150. The van der Waals surface area contributed by atoms with Gasteiger partial charge in [0.25, 0.3) is 11.6 Å². The van der Waals surface area contributed by atoms with Crippen LogP contribution in [0.15, 0.2) is 65.6 Å². The van der Waals surface area contributed by atoms with E-state index in [0.29, 0.717) is 17.0 Å². The van der Waals surface area contributed by atoms with E-state index in [-0.39, 0.29) is 11.6 Å². The first-order valence-corrected chi connectivity index (χ1v) is 9.41. The number of nitro benzene ring substituents is 1. The molecule has 0 heterocycles. The quantitative estimate of drug-likeness (QED) is 0.356. The molecule has 0 fully saturated rings. The molecule has 0 spiro atoms. The molecule has 3 rings (SSSR count). The van der Waals surface area contributed by atoms with Crippen molar-refractivity contribution in [1.29, 1.82) is 0 Å². The SMILES string of the molecule is CCN(C(=O)c1ccc(SC)c([N+](=O)[O-])c1)c1cccc2ccccc12. The summed E-state index contributed by atoms with van der Waals surface area (Å²) in [6, 6.07) is 18.3. The number of hydrogen-bond acceptors (Lipinski definition) is 4. The zero-order chi connectivity index (χ0) is 18.7. The van der Waals surface area contributed by atoms with Crippen molar-refractivity contribution < 1.29 is 9.72 Å². The maximum Gasteiger partial charge on any atom is 0.283 e. The number of fused-ring (bicyclic) bond motifs is 1. The predicted molar refractivity (Wildman–Crippen MR) is 106 cm³/mol. The van der Waals surface area contributed by atoms with E-state index in [4.69, 9.17) is 0 Å². The highest BCUT2D eigenvalue weighted by Gasteiger charge is 2.22. The van der Waals surface area contributed by atoms with E-state index < -0.39 is 4.92 Å². The van der Waals surface area contributed by atoms with E-state index in [9.17, 15) is 14.9 Å². The average Bonchev–Trinajstić information content (AvgIpc) is 2.68. The molecule has 0 atom stereocenters. The van der Waals surface area contributed by atoms with Gasteiger partial charge in [0.05, 0.1) is 15.5 Å². The van der Waals surface area contributed by atoms with E-state index in [0.717, 1.165) is 16.5 Å². The average molecular weight is 366 g/mol. The number of amides is 1. The topological polar surface area (TPSA) is 63.5 Å². The number of benzene rings is 3. The third-order valence-electron chi connectivity index (χ3n) is 4.24. The number of carbonyl (C=O) groups excluding carboxylic acids is 1. The lowest BCUT2D eigenvalue weighted by atomic mass is 10.1. The molecule has 0 aliphatic heterocycles. The van der Waals surface area contributed by atoms with Gasteiger partial charge in [0.2, 0.25) is 0 Å². The van der Waals surface area contributed by atoms with Gasteiger partial charge in [0.15, 0.2) is 0 Å². The lowest BCUT2D eigenvalue weighted by molar-refractivity contribution is -0.387. The molecule has 0 saturated heterocycles. The summed E-state index contributed by atoms with van der Waals surface area (Å²) in [7, 11) is 0. The molecule has 0 N–H and O–H groups in total. The van der Waals surface area contributed by atoms with Crippen LogP contribution >= 0.6 is 11.8 Å². The number of nitro groups is 1. The molecule has 0 saturated carbocycles. The second-order valence-electron chi connectivity index (χ2n) is 5.69. The van der Waals surface area contributed by atoms with Crippen molar-refractivity contribution in [3.05, 3.63) is 76.3 Å². The van der Waals surface area contributed by atoms with Crippen LogP contribution in [0.5, 0.6) is 0 Å². The summed E-state index contributed by atoms with van der Waals surface area (Å²) in [5.74, 6) is -0.250. The Hall–Kier alpha value is -2.86. The van der Waals surface area contributed by atoms with E-state index in [1.165, 1.54) is 17.8 Å². The van der Waals surface area contributed by atoms with Crippen molar-refractivity contribution >= 4 is 39.8 Å². The fourth-order valence-corrected chi connectivity index (χ4v) is 3.54. The minimum absolute atomic E-state index is 0.0441. The third-order valence-corrected chi connectivity index (χ3v) is 5.03. The monoisotopic (exact) mass is 366 g/mol. The van der Waals surface area contributed by atoms with Crippen LogP contribution in [0.2, 0.25) is 0 Å². The number of anilines is 1. The minimum atomic E-state index is -0.448. The number of nitrogens with zero attached hydrogens (tertiary/aromatic N) is 2. The van der Waals surface area contributed by atoms with Gasteiger partial charge in [-0.25, -0.2) is 0 Å². The second-order valence-corrected chi connectivity index (χ2v) is 6.54. The summed E-state index contributed by atoms with van der Waals surface area (Å²) in [4.78, 5) is 26.1. The molecule has 0 aromatic heterocycles. The van der Waals surface area contributed by atoms with Crippen molar-refractivity contribution in [2.75, 3.05) is 17.7 Å². The normalized spacial score (nSPS) is 10.7. The molecular weight excluding hydrogens is 348 g/mol. The molecule has 5 nitrogen and oxygen atoms in total. The molecular formula is C20H18N2O3S. The summed E-state index contributed by atoms with van der Waals surface area (Å²) in [5.41, 5.74) is 1.06. The van der Waals surface area contributed by atoms with Gasteiger partial charge in [-0.1, -0.05) is 36.4 Å². The standard InChI is InChI=1S/C20H18N2O3S/c1-3-21(17-10-6-8-14-7-4-5-9-16(14)17)20(23)15-11-12-19(26-2)18(13-15)22(24)25/h4-13H,3H2,1-2H3. The van der Waals surface area contributed by atoms with Crippen molar-refractivity contribution in [2.45, 2.75) is 11.8 Å². The Morgan fingerprint density at radius 2 is 1.85 bits per heavy atom. The van der Waals surface area contributed by atoms with Crippen LogP contribution < -0.4 is 4.90 Å². The Kier molecular flexibility index (Phi) is 5.23. The Morgan fingerprint density at radius 1 is 1.12 bits per heavy atom. The Bertz CT molecular complexity index is 982. The molecule has 6 heteroatoms. The van der Waals surface area contributed by atoms with E-state index >= 15 is 0 Å². The summed E-state index contributed by atoms with van der Waals surface area (Å²) in [5, 5.41) is 13.3. The molecule has 0 unspecified atom stereocenters. The van der Waals surface area contributed by atoms with Crippen LogP contribution in [0.1, 0.15) is 17.3 Å². The lowest BCUT2D eigenvalue weighted by Crippen LogP contribution is -2.30. The van der Waals surface area contributed by atoms with Crippen LogP contribution in [0, 0.1) is 10.1 Å².